The number of carboxylic acids is 1. The van der Waals surface area contributed by atoms with Gasteiger partial charge in [-0.05, 0) is 37.5 Å². The average Bonchev–Trinajstić information content (AvgIpc) is 2.78. The second-order valence-corrected chi connectivity index (χ2v) is 8.21. The van der Waals surface area contributed by atoms with Gasteiger partial charge in [-0.1, -0.05) is 78.6 Å². The quantitative estimate of drug-likeness (QED) is 0.164. The zero-order valence-electron chi connectivity index (χ0n) is 20.5. The molecule has 0 amide bonds. The minimum Gasteiger partial charge on any atom is -0.490 e. The van der Waals surface area contributed by atoms with E-state index in [1.165, 1.54) is 38.5 Å². The zero-order valence-corrected chi connectivity index (χ0v) is 20.5. The van der Waals surface area contributed by atoms with Crippen LogP contribution in [0.15, 0.2) is 18.2 Å². The van der Waals surface area contributed by atoms with E-state index in [1.807, 2.05) is 12.1 Å². The molecule has 0 heterocycles. The highest BCUT2D eigenvalue weighted by atomic mass is 16.5. The van der Waals surface area contributed by atoms with E-state index >= 15 is 0 Å². The second-order valence-electron chi connectivity index (χ2n) is 8.21. The van der Waals surface area contributed by atoms with Gasteiger partial charge < -0.3 is 19.3 Å². The monoisotopic (exact) mass is 448 g/mol. The number of carbonyl (C=O) groups is 1. The van der Waals surface area contributed by atoms with E-state index in [0.29, 0.717) is 42.6 Å². The number of carboxylic acid groups (broad SMARTS) is 1. The van der Waals surface area contributed by atoms with Crippen molar-refractivity contribution >= 4 is 12.0 Å². The standard InChI is InChI=1S/C27H44O5/c1-4-7-10-13-20-30-24-18-16-23(17-19-25(28)29)26(31-21-14-11-8-5-2)27(24)32-22-15-12-9-6-3/h16-19H,4-15,20-22H2,1-3H3,(H,28,29)/b19-17+. The van der Waals surface area contributed by atoms with Gasteiger partial charge >= 0.3 is 5.97 Å². The molecule has 1 aromatic rings. The Balaban J connectivity index is 3.04. The van der Waals surface area contributed by atoms with Crippen LogP contribution in [0.5, 0.6) is 17.2 Å². The molecule has 1 N–H and O–H groups in total. The maximum absolute atomic E-state index is 11.1. The Hall–Kier alpha value is -2.17. The second kappa shape index (κ2) is 18.4. The largest absolute Gasteiger partial charge is 0.490 e. The van der Waals surface area contributed by atoms with E-state index in [0.717, 1.165) is 44.6 Å². The minimum atomic E-state index is -0.989. The highest BCUT2D eigenvalue weighted by Gasteiger charge is 2.17. The molecule has 0 aromatic heterocycles. The minimum absolute atomic E-state index is 0.570. The SMILES string of the molecule is CCCCCCOc1ccc(/C=C/C(=O)O)c(OCCCCCC)c1OCCCCCC. The molecule has 0 atom stereocenters. The number of benzene rings is 1. The summed E-state index contributed by atoms with van der Waals surface area (Å²) in [5.74, 6) is 0.866. The van der Waals surface area contributed by atoms with Gasteiger partial charge in [0, 0.05) is 11.6 Å². The van der Waals surface area contributed by atoms with Crippen LogP contribution in [0.2, 0.25) is 0 Å². The van der Waals surface area contributed by atoms with E-state index in [-0.39, 0.29) is 0 Å². The van der Waals surface area contributed by atoms with Crippen LogP contribution >= 0.6 is 0 Å². The molecule has 0 saturated carbocycles. The Morgan fingerprint density at radius 1 is 0.719 bits per heavy atom. The van der Waals surface area contributed by atoms with Crippen LogP contribution in [0, 0.1) is 0 Å². The van der Waals surface area contributed by atoms with Gasteiger partial charge in [-0.15, -0.1) is 0 Å². The molecule has 0 aliphatic heterocycles. The molecule has 0 radical (unpaired) electrons. The lowest BCUT2D eigenvalue weighted by molar-refractivity contribution is -0.131. The molecular formula is C27H44O5. The van der Waals surface area contributed by atoms with Crippen molar-refractivity contribution in [3.63, 3.8) is 0 Å². The summed E-state index contributed by atoms with van der Waals surface area (Å²) in [5.41, 5.74) is 0.699. The van der Waals surface area contributed by atoms with Crippen molar-refractivity contribution in [1.29, 1.82) is 0 Å². The smallest absolute Gasteiger partial charge is 0.328 e. The number of hydrogen-bond donors (Lipinski definition) is 1. The molecule has 0 spiro atoms. The lowest BCUT2D eigenvalue weighted by Crippen LogP contribution is -2.07. The van der Waals surface area contributed by atoms with Gasteiger partial charge in [0.2, 0.25) is 5.75 Å². The molecule has 0 bridgehead atoms. The van der Waals surface area contributed by atoms with Gasteiger partial charge in [-0.3, -0.25) is 0 Å². The Morgan fingerprint density at radius 2 is 1.22 bits per heavy atom. The fourth-order valence-corrected chi connectivity index (χ4v) is 3.37. The van der Waals surface area contributed by atoms with E-state index in [2.05, 4.69) is 20.8 Å². The number of unbranched alkanes of at least 4 members (excludes halogenated alkanes) is 9. The van der Waals surface area contributed by atoms with E-state index in [1.54, 1.807) is 6.08 Å². The van der Waals surface area contributed by atoms with Gasteiger partial charge in [-0.25, -0.2) is 4.79 Å². The van der Waals surface area contributed by atoms with Gasteiger partial charge in [0.15, 0.2) is 11.5 Å². The predicted octanol–water partition coefficient (Wildman–Crippen LogP) is 7.66. The molecule has 1 rings (SSSR count). The summed E-state index contributed by atoms with van der Waals surface area (Å²) in [7, 11) is 0. The Morgan fingerprint density at radius 3 is 1.72 bits per heavy atom. The molecule has 0 fully saturated rings. The molecule has 5 heteroatoms. The van der Waals surface area contributed by atoms with Crippen LogP contribution in [0.25, 0.3) is 6.08 Å². The molecule has 182 valence electrons. The van der Waals surface area contributed by atoms with Crippen molar-refractivity contribution < 1.29 is 24.1 Å². The average molecular weight is 449 g/mol. The Kier molecular flexibility index (Phi) is 16.0. The summed E-state index contributed by atoms with van der Waals surface area (Å²) in [6, 6.07) is 3.72. The fraction of sp³-hybridized carbons (Fsp3) is 0.667. The van der Waals surface area contributed by atoms with Gasteiger partial charge in [-0.2, -0.15) is 0 Å². The molecule has 5 nitrogen and oxygen atoms in total. The number of rotatable bonds is 20. The first-order valence-corrected chi connectivity index (χ1v) is 12.6. The molecule has 0 aliphatic carbocycles. The van der Waals surface area contributed by atoms with Crippen LogP contribution in [0.4, 0.5) is 0 Å². The van der Waals surface area contributed by atoms with Gasteiger partial charge in [0.25, 0.3) is 0 Å². The van der Waals surface area contributed by atoms with Crippen LogP contribution in [0.3, 0.4) is 0 Å². The molecule has 0 saturated heterocycles. The topological polar surface area (TPSA) is 65.0 Å². The Labute approximate surface area is 195 Å². The molecule has 1 aromatic carbocycles. The van der Waals surface area contributed by atoms with Crippen LogP contribution in [0.1, 0.15) is 103 Å². The Bertz CT molecular complexity index is 654. The highest BCUT2D eigenvalue weighted by Crippen LogP contribution is 2.41. The first kappa shape index (κ1) is 27.9. The van der Waals surface area contributed by atoms with Crippen molar-refractivity contribution in [3.8, 4) is 17.2 Å². The summed E-state index contributed by atoms with van der Waals surface area (Å²) < 4.78 is 18.4. The first-order valence-electron chi connectivity index (χ1n) is 12.6. The zero-order chi connectivity index (χ0) is 23.4. The molecular weight excluding hydrogens is 404 g/mol. The van der Waals surface area contributed by atoms with E-state index in [9.17, 15) is 4.79 Å². The third-order valence-corrected chi connectivity index (χ3v) is 5.26. The highest BCUT2D eigenvalue weighted by molar-refractivity contribution is 5.86. The van der Waals surface area contributed by atoms with Crippen molar-refractivity contribution in [1.82, 2.24) is 0 Å². The summed E-state index contributed by atoms with van der Waals surface area (Å²) >= 11 is 0. The summed E-state index contributed by atoms with van der Waals surface area (Å²) in [6.07, 6.45) is 16.1. The third kappa shape index (κ3) is 12.0. The van der Waals surface area contributed by atoms with Gasteiger partial charge in [0.05, 0.1) is 19.8 Å². The number of aliphatic carboxylic acids is 1. The van der Waals surface area contributed by atoms with Crippen molar-refractivity contribution in [2.45, 2.75) is 97.8 Å². The molecule has 32 heavy (non-hydrogen) atoms. The summed E-state index contributed by atoms with van der Waals surface area (Å²) in [6.45, 7) is 8.35. The van der Waals surface area contributed by atoms with E-state index < -0.39 is 5.97 Å². The number of hydrogen-bond acceptors (Lipinski definition) is 4. The van der Waals surface area contributed by atoms with Crippen LogP contribution in [-0.4, -0.2) is 30.9 Å². The molecule has 0 unspecified atom stereocenters. The lowest BCUT2D eigenvalue weighted by Gasteiger charge is -2.19. The number of ether oxygens (including phenoxy) is 3. The summed E-state index contributed by atoms with van der Waals surface area (Å²) in [5, 5.41) is 9.09. The van der Waals surface area contributed by atoms with Crippen molar-refractivity contribution in [2.75, 3.05) is 19.8 Å². The maximum atomic E-state index is 11.1. The molecule has 0 aliphatic rings. The fourth-order valence-electron chi connectivity index (χ4n) is 3.37. The summed E-state index contributed by atoms with van der Waals surface area (Å²) in [4.78, 5) is 11.1. The first-order chi connectivity index (χ1) is 15.6. The van der Waals surface area contributed by atoms with E-state index in [4.69, 9.17) is 19.3 Å². The maximum Gasteiger partial charge on any atom is 0.328 e. The van der Waals surface area contributed by atoms with Crippen molar-refractivity contribution in [3.05, 3.63) is 23.8 Å². The van der Waals surface area contributed by atoms with Crippen LogP contribution in [-0.2, 0) is 4.79 Å². The lowest BCUT2D eigenvalue weighted by atomic mass is 10.1. The normalized spacial score (nSPS) is 11.1. The van der Waals surface area contributed by atoms with Crippen LogP contribution < -0.4 is 14.2 Å². The van der Waals surface area contributed by atoms with Crippen molar-refractivity contribution in [2.24, 2.45) is 0 Å². The third-order valence-electron chi connectivity index (χ3n) is 5.26. The predicted molar refractivity (Wildman–Crippen MR) is 132 cm³/mol. The van der Waals surface area contributed by atoms with Gasteiger partial charge in [0.1, 0.15) is 0 Å².